The molecule has 0 spiro atoms. The first-order valence-electron chi connectivity index (χ1n) is 10.9. The second kappa shape index (κ2) is 11.5. The number of aromatic nitrogens is 4. The molecule has 186 valence electrons. The molecule has 5 rings (SSSR count). The zero-order chi connectivity index (χ0) is 22.9. The van der Waals surface area contributed by atoms with E-state index in [9.17, 15) is 10.2 Å². The van der Waals surface area contributed by atoms with Crippen LogP contribution in [-0.2, 0) is 0 Å². The van der Waals surface area contributed by atoms with E-state index in [1.54, 1.807) is 10.9 Å². The number of aliphatic hydroxyl groups is 2. The number of hydrogen-bond donors (Lipinski definition) is 4. The van der Waals surface area contributed by atoms with E-state index < -0.39 is 24.3 Å². The highest BCUT2D eigenvalue weighted by atomic mass is 35.5. The van der Waals surface area contributed by atoms with Gasteiger partial charge in [0.2, 0.25) is 5.28 Å². The van der Waals surface area contributed by atoms with E-state index >= 15 is 0 Å². The molecular formula is C24H27Cl3N6O2. The maximum absolute atomic E-state index is 10.5. The molecule has 35 heavy (non-hydrogen) atoms. The SMILES string of the molecule is Cl.Cl.N[C@@H]1C[C@@H](n2cnc3c(NCC(c4ccccc4)c4ccccc4)nc(Cl)nc32)[C@@H](O)[C@@H]1O. The lowest BCUT2D eigenvalue weighted by atomic mass is 9.91. The minimum absolute atomic E-state index is 0. The molecule has 0 unspecified atom stereocenters. The largest absolute Gasteiger partial charge is 0.389 e. The fraction of sp³-hybridized carbons (Fsp3) is 0.292. The summed E-state index contributed by atoms with van der Waals surface area (Å²) in [6.45, 7) is 0.568. The fourth-order valence-corrected chi connectivity index (χ4v) is 4.73. The van der Waals surface area contributed by atoms with Gasteiger partial charge in [0, 0.05) is 18.5 Å². The van der Waals surface area contributed by atoms with Crippen LogP contribution in [-0.4, -0.2) is 54.5 Å². The molecule has 2 heterocycles. The number of imidazole rings is 1. The number of benzene rings is 2. The van der Waals surface area contributed by atoms with E-state index in [0.29, 0.717) is 29.9 Å². The monoisotopic (exact) mass is 536 g/mol. The third kappa shape index (κ3) is 5.38. The van der Waals surface area contributed by atoms with E-state index in [0.717, 1.165) is 0 Å². The number of nitrogens with one attached hydrogen (secondary N) is 1. The van der Waals surface area contributed by atoms with Gasteiger partial charge in [0.25, 0.3) is 0 Å². The molecular weight excluding hydrogens is 511 g/mol. The summed E-state index contributed by atoms with van der Waals surface area (Å²) in [5.74, 6) is 0.598. The van der Waals surface area contributed by atoms with Crippen LogP contribution in [0.4, 0.5) is 5.82 Å². The van der Waals surface area contributed by atoms with Crippen LogP contribution < -0.4 is 11.1 Å². The summed E-state index contributed by atoms with van der Waals surface area (Å²) in [4.78, 5) is 13.2. The van der Waals surface area contributed by atoms with Crippen LogP contribution in [0.25, 0.3) is 11.2 Å². The van der Waals surface area contributed by atoms with Crippen LogP contribution in [0.15, 0.2) is 67.0 Å². The van der Waals surface area contributed by atoms with Gasteiger partial charge in [-0.05, 0) is 29.1 Å². The molecule has 1 aliphatic carbocycles. The molecule has 0 bridgehead atoms. The molecule has 0 saturated heterocycles. The van der Waals surface area contributed by atoms with Gasteiger partial charge in [0.05, 0.1) is 18.5 Å². The molecule has 4 atom stereocenters. The van der Waals surface area contributed by atoms with Gasteiger partial charge < -0.3 is 25.8 Å². The molecule has 4 aromatic rings. The van der Waals surface area contributed by atoms with Gasteiger partial charge in [-0.25, -0.2) is 4.98 Å². The molecule has 5 N–H and O–H groups in total. The fourth-order valence-electron chi connectivity index (χ4n) is 4.57. The van der Waals surface area contributed by atoms with E-state index in [1.807, 2.05) is 36.4 Å². The Balaban J connectivity index is 0.00000171. The summed E-state index contributed by atoms with van der Waals surface area (Å²) in [5.41, 5.74) is 9.33. The lowest BCUT2D eigenvalue weighted by Gasteiger charge is -2.20. The van der Waals surface area contributed by atoms with Crippen molar-refractivity contribution in [3.8, 4) is 0 Å². The van der Waals surface area contributed by atoms with Gasteiger partial charge in [-0.15, -0.1) is 24.8 Å². The highest BCUT2D eigenvalue weighted by Crippen LogP contribution is 2.34. The molecule has 11 heteroatoms. The van der Waals surface area contributed by atoms with Gasteiger partial charge in [-0.1, -0.05) is 60.7 Å². The molecule has 2 aromatic carbocycles. The van der Waals surface area contributed by atoms with Crippen molar-refractivity contribution in [3.63, 3.8) is 0 Å². The van der Waals surface area contributed by atoms with Crippen LogP contribution in [0.1, 0.15) is 29.5 Å². The molecule has 8 nitrogen and oxygen atoms in total. The van der Waals surface area contributed by atoms with Crippen molar-refractivity contribution in [1.82, 2.24) is 19.5 Å². The Bertz CT molecular complexity index is 1200. The average molecular weight is 538 g/mol. The predicted octanol–water partition coefficient (Wildman–Crippen LogP) is 3.56. The molecule has 1 aliphatic rings. The van der Waals surface area contributed by atoms with Crippen molar-refractivity contribution >= 4 is 53.4 Å². The van der Waals surface area contributed by atoms with Crippen molar-refractivity contribution in [2.45, 2.75) is 36.6 Å². The summed E-state index contributed by atoms with van der Waals surface area (Å²) in [7, 11) is 0. The highest BCUT2D eigenvalue weighted by molar-refractivity contribution is 6.28. The summed E-state index contributed by atoms with van der Waals surface area (Å²) >= 11 is 6.26. The van der Waals surface area contributed by atoms with Gasteiger partial charge >= 0.3 is 0 Å². The normalized spacial score (nSPS) is 21.5. The molecule has 0 radical (unpaired) electrons. The number of hydrogen-bond acceptors (Lipinski definition) is 7. The summed E-state index contributed by atoms with van der Waals surface area (Å²) in [6.07, 6.45) is -0.0175. The van der Waals surface area contributed by atoms with Crippen LogP contribution in [0.2, 0.25) is 5.28 Å². The van der Waals surface area contributed by atoms with E-state index in [4.69, 9.17) is 17.3 Å². The Hall–Kier alpha value is -2.46. The molecule has 0 aliphatic heterocycles. The van der Waals surface area contributed by atoms with Crippen molar-refractivity contribution in [3.05, 3.63) is 83.4 Å². The van der Waals surface area contributed by atoms with Crippen LogP contribution in [0, 0.1) is 0 Å². The number of nitrogens with zero attached hydrogens (tertiary/aromatic N) is 4. The van der Waals surface area contributed by atoms with Crippen molar-refractivity contribution < 1.29 is 10.2 Å². The maximum atomic E-state index is 10.5. The summed E-state index contributed by atoms with van der Waals surface area (Å²) in [6, 6.07) is 19.6. The minimum Gasteiger partial charge on any atom is -0.389 e. The summed E-state index contributed by atoms with van der Waals surface area (Å²) in [5, 5.41) is 24.0. The Labute approximate surface area is 220 Å². The van der Waals surface area contributed by atoms with Gasteiger partial charge in [-0.3, -0.25) is 0 Å². The Kier molecular flexibility index (Phi) is 8.93. The standard InChI is InChI=1S/C24H25ClN6O2.2ClH/c25-24-29-22(19-23(30-24)31(13-28-19)18-11-17(26)20(32)21(18)33)27-12-16(14-7-3-1-4-8-14)15-9-5-2-6-10-15;;/h1-10,13,16-18,20-21,32-33H,11-12,26H2,(H,27,29,30);2*1H/t17-,18-,20-,21-;;/m1../s1. The van der Waals surface area contributed by atoms with Crippen molar-refractivity contribution in [2.24, 2.45) is 5.73 Å². The van der Waals surface area contributed by atoms with Gasteiger partial charge in [-0.2, -0.15) is 9.97 Å². The van der Waals surface area contributed by atoms with E-state index in [2.05, 4.69) is 44.5 Å². The number of rotatable bonds is 6. The lowest BCUT2D eigenvalue weighted by Crippen LogP contribution is -2.35. The average Bonchev–Trinajstić information content (AvgIpc) is 3.36. The van der Waals surface area contributed by atoms with Crippen LogP contribution in [0.3, 0.4) is 0 Å². The quantitative estimate of drug-likeness (QED) is 0.277. The molecule has 1 fully saturated rings. The van der Waals surface area contributed by atoms with Crippen molar-refractivity contribution in [1.29, 1.82) is 0 Å². The van der Waals surface area contributed by atoms with Gasteiger partial charge in [0.1, 0.15) is 6.10 Å². The zero-order valence-corrected chi connectivity index (χ0v) is 21.0. The molecule has 1 saturated carbocycles. The van der Waals surface area contributed by atoms with Crippen LogP contribution in [0.5, 0.6) is 0 Å². The Morgan fingerprint density at radius 2 is 1.57 bits per heavy atom. The zero-order valence-electron chi connectivity index (χ0n) is 18.6. The molecule has 0 amide bonds. The number of anilines is 1. The van der Waals surface area contributed by atoms with E-state index in [-0.39, 0.29) is 36.0 Å². The smallest absolute Gasteiger partial charge is 0.226 e. The number of fused-ring (bicyclic) bond motifs is 1. The maximum Gasteiger partial charge on any atom is 0.226 e. The second-order valence-corrected chi connectivity index (χ2v) is 8.71. The lowest BCUT2D eigenvalue weighted by molar-refractivity contribution is 0.0187. The topological polar surface area (TPSA) is 122 Å². The van der Waals surface area contributed by atoms with Crippen LogP contribution >= 0.6 is 36.4 Å². The third-order valence-electron chi connectivity index (χ3n) is 6.33. The first-order valence-corrected chi connectivity index (χ1v) is 11.3. The third-order valence-corrected chi connectivity index (χ3v) is 6.49. The highest BCUT2D eigenvalue weighted by Gasteiger charge is 2.41. The first-order chi connectivity index (χ1) is 16.0. The first kappa shape index (κ1) is 27.1. The van der Waals surface area contributed by atoms with Crippen molar-refractivity contribution in [2.75, 3.05) is 11.9 Å². The predicted molar refractivity (Wildman–Crippen MR) is 142 cm³/mol. The Morgan fingerprint density at radius 1 is 0.971 bits per heavy atom. The minimum atomic E-state index is -1.01. The van der Waals surface area contributed by atoms with E-state index in [1.165, 1.54) is 11.1 Å². The second-order valence-electron chi connectivity index (χ2n) is 8.37. The number of nitrogens with two attached hydrogens (primary N) is 1. The van der Waals surface area contributed by atoms with Gasteiger partial charge in [0.15, 0.2) is 17.0 Å². The Morgan fingerprint density at radius 3 is 2.11 bits per heavy atom. The summed E-state index contributed by atoms with van der Waals surface area (Å²) < 4.78 is 1.72. The number of aliphatic hydroxyl groups excluding tert-OH is 2. The molecule has 2 aromatic heterocycles. The number of halogens is 3.